The maximum Gasteiger partial charge on any atom is 0.237 e. The van der Waals surface area contributed by atoms with Gasteiger partial charge < -0.3 is 11.1 Å². The summed E-state index contributed by atoms with van der Waals surface area (Å²) < 4.78 is 0. The fraction of sp³-hybridized carbons (Fsp3) is 0.500. The quantitative estimate of drug-likeness (QED) is 0.833. The van der Waals surface area contributed by atoms with E-state index >= 15 is 0 Å². The van der Waals surface area contributed by atoms with E-state index in [4.69, 9.17) is 17.3 Å². The molecule has 4 heteroatoms. The molecule has 2 atom stereocenters. The van der Waals surface area contributed by atoms with Crippen molar-refractivity contribution in [2.75, 3.05) is 0 Å². The summed E-state index contributed by atoms with van der Waals surface area (Å²) in [7, 11) is 0. The van der Waals surface area contributed by atoms with Gasteiger partial charge in [0.1, 0.15) is 0 Å². The minimum absolute atomic E-state index is 0.115. The van der Waals surface area contributed by atoms with Crippen LogP contribution in [0.5, 0.6) is 0 Å². The molecular weight excluding hydrogens is 248 g/mol. The summed E-state index contributed by atoms with van der Waals surface area (Å²) in [5.41, 5.74) is 6.73. The molecule has 0 heterocycles. The van der Waals surface area contributed by atoms with Gasteiger partial charge in [0, 0.05) is 5.02 Å². The molecule has 0 unspecified atom stereocenters. The molecule has 0 radical (unpaired) electrons. The first-order valence-corrected chi connectivity index (χ1v) is 6.74. The first-order chi connectivity index (χ1) is 8.56. The van der Waals surface area contributed by atoms with Gasteiger partial charge in [-0.2, -0.15) is 0 Å². The average Bonchev–Trinajstić information content (AvgIpc) is 2.36. The minimum Gasteiger partial charge on any atom is -0.348 e. The zero-order chi connectivity index (χ0) is 13.5. The summed E-state index contributed by atoms with van der Waals surface area (Å²) in [6, 6.07) is 6.93. The molecular formula is C14H21ClN2O. The van der Waals surface area contributed by atoms with Crippen LogP contribution in [0, 0.1) is 0 Å². The van der Waals surface area contributed by atoms with E-state index in [9.17, 15) is 4.79 Å². The van der Waals surface area contributed by atoms with Gasteiger partial charge in [0.05, 0.1) is 12.1 Å². The molecule has 0 aromatic heterocycles. The molecule has 3 nitrogen and oxygen atoms in total. The average molecular weight is 269 g/mol. The van der Waals surface area contributed by atoms with Gasteiger partial charge in [-0.05, 0) is 25.0 Å². The Labute approximate surface area is 114 Å². The van der Waals surface area contributed by atoms with Crippen molar-refractivity contribution in [3.05, 3.63) is 34.9 Å². The molecule has 1 aromatic rings. The second kappa shape index (κ2) is 7.39. The standard InChI is InChI=1S/C14H21ClN2O/c1-3-4-9-13(16)14(18)17-10(2)11-7-5-6-8-12(11)15/h5-8,10,13H,3-4,9,16H2,1-2H3,(H,17,18)/t10-,13+/m1/s1. The molecule has 0 saturated carbocycles. The van der Waals surface area contributed by atoms with Crippen molar-refractivity contribution in [2.45, 2.75) is 45.2 Å². The zero-order valence-corrected chi connectivity index (χ0v) is 11.7. The third-order valence-electron chi connectivity index (χ3n) is 2.94. The molecule has 0 aliphatic rings. The van der Waals surface area contributed by atoms with Crippen LogP contribution in [0.3, 0.4) is 0 Å². The number of nitrogens with two attached hydrogens (primary N) is 1. The molecule has 0 aliphatic carbocycles. The van der Waals surface area contributed by atoms with E-state index < -0.39 is 6.04 Å². The van der Waals surface area contributed by atoms with Crippen molar-refractivity contribution < 1.29 is 4.79 Å². The highest BCUT2D eigenvalue weighted by Gasteiger charge is 2.17. The van der Waals surface area contributed by atoms with Gasteiger partial charge >= 0.3 is 0 Å². The summed E-state index contributed by atoms with van der Waals surface area (Å²) in [5.74, 6) is -0.115. The lowest BCUT2D eigenvalue weighted by Crippen LogP contribution is -2.41. The van der Waals surface area contributed by atoms with Crippen LogP contribution < -0.4 is 11.1 Å². The third kappa shape index (κ3) is 4.31. The van der Waals surface area contributed by atoms with Crippen molar-refractivity contribution in [1.29, 1.82) is 0 Å². The molecule has 0 bridgehead atoms. The Morgan fingerprint density at radius 3 is 2.72 bits per heavy atom. The molecule has 3 N–H and O–H groups in total. The largest absolute Gasteiger partial charge is 0.348 e. The first kappa shape index (κ1) is 15.0. The molecule has 0 saturated heterocycles. The summed E-state index contributed by atoms with van der Waals surface area (Å²) in [6.07, 6.45) is 2.73. The van der Waals surface area contributed by atoms with Crippen LogP contribution >= 0.6 is 11.6 Å². The fourth-order valence-electron chi connectivity index (χ4n) is 1.78. The van der Waals surface area contributed by atoms with E-state index in [1.54, 1.807) is 0 Å². The van der Waals surface area contributed by atoms with Crippen molar-refractivity contribution in [3.8, 4) is 0 Å². The number of benzene rings is 1. The second-order valence-electron chi connectivity index (χ2n) is 4.50. The van der Waals surface area contributed by atoms with E-state index in [1.807, 2.05) is 31.2 Å². The van der Waals surface area contributed by atoms with Gasteiger partial charge in [-0.25, -0.2) is 0 Å². The molecule has 0 aliphatic heterocycles. The van der Waals surface area contributed by atoms with Crippen LogP contribution in [-0.4, -0.2) is 11.9 Å². The lowest BCUT2D eigenvalue weighted by Gasteiger charge is -2.18. The predicted molar refractivity (Wildman–Crippen MR) is 75.5 cm³/mol. The smallest absolute Gasteiger partial charge is 0.237 e. The van der Waals surface area contributed by atoms with E-state index in [1.165, 1.54) is 0 Å². The SMILES string of the molecule is CCCC[C@H](N)C(=O)N[C@H](C)c1ccccc1Cl. The van der Waals surface area contributed by atoms with E-state index in [2.05, 4.69) is 12.2 Å². The lowest BCUT2D eigenvalue weighted by atomic mass is 10.1. The number of carbonyl (C=O) groups excluding carboxylic acids is 1. The summed E-state index contributed by atoms with van der Waals surface area (Å²) in [6.45, 7) is 3.99. The summed E-state index contributed by atoms with van der Waals surface area (Å²) in [4.78, 5) is 11.9. The van der Waals surface area contributed by atoms with Crippen LogP contribution in [0.4, 0.5) is 0 Å². The van der Waals surface area contributed by atoms with Crippen LogP contribution in [0.25, 0.3) is 0 Å². The highest BCUT2D eigenvalue weighted by Crippen LogP contribution is 2.22. The third-order valence-corrected chi connectivity index (χ3v) is 3.28. The van der Waals surface area contributed by atoms with Crippen LogP contribution in [0.15, 0.2) is 24.3 Å². The maximum atomic E-state index is 11.9. The van der Waals surface area contributed by atoms with E-state index in [0.717, 1.165) is 24.8 Å². The van der Waals surface area contributed by atoms with Gasteiger partial charge in [-0.3, -0.25) is 4.79 Å². The van der Waals surface area contributed by atoms with Crippen molar-refractivity contribution in [2.24, 2.45) is 5.73 Å². The van der Waals surface area contributed by atoms with Crippen molar-refractivity contribution in [1.82, 2.24) is 5.32 Å². The summed E-state index contributed by atoms with van der Waals surface area (Å²) >= 11 is 6.08. The molecule has 100 valence electrons. The number of nitrogens with one attached hydrogen (secondary N) is 1. The number of carbonyl (C=O) groups is 1. The van der Waals surface area contributed by atoms with Crippen LogP contribution in [-0.2, 0) is 4.79 Å². The Morgan fingerprint density at radius 1 is 1.44 bits per heavy atom. The monoisotopic (exact) mass is 268 g/mol. The highest BCUT2D eigenvalue weighted by molar-refractivity contribution is 6.31. The topological polar surface area (TPSA) is 55.1 Å². The van der Waals surface area contributed by atoms with Crippen LogP contribution in [0.1, 0.15) is 44.7 Å². The Balaban J connectivity index is 2.57. The maximum absolute atomic E-state index is 11.9. The molecule has 1 amide bonds. The second-order valence-corrected chi connectivity index (χ2v) is 4.91. The molecule has 0 spiro atoms. The predicted octanol–water partition coefficient (Wildman–Crippen LogP) is 3.03. The van der Waals surface area contributed by atoms with Crippen molar-refractivity contribution >= 4 is 17.5 Å². The zero-order valence-electron chi connectivity index (χ0n) is 10.9. The number of rotatable bonds is 6. The molecule has 1 aromatic carbocycles. The molecule has 18 heavy (non-hydrogen) atoms. The van der Waals surface area contributed by atoms with E-state index in [0.29, 0.717) is 5.02 Å². The van der Waals surface area contributed by atoms with Gasteiger partial charge in [-0.1, -0.05) is 49.6 Å². The molecule has 1 rings (SSSR count). The van der Waals surface area contributed by atoms with Crippen molar-refractivity contribution in [3.63, 3.8) is 0 Å². The van der Waals surface area contributed by atoms with Crippen LogP contribution in [0.2, 0.25) is 5.02 Å². The number of amides is 1. The minimum atomic E-state index is -0.435. The van der Waals surface area contributed by atoms with Gasteiger partial charge in [-0.15, -0.1) is 0 Å². The Bertz CT molecular complexity index is 395. The lowest BCUT2D eigenvalue weighted by molar-refractivity contribution is -0.123. The number of hydrogen-bond acceptors (Lipinski definition) is 2. The number of unbranched alkanes of at least 4 members (excludes halogenated alkanes) is 1. The van der Waals surface area contributed by atoms with Gasteiger partial charge in [0.2, 0.25) is 5.91 Å². The fourth-order valence-corrected chi connectivity index (χ4v) is 2.08. The number of halogens is 1. The summed E-state index contributed by atoms with van der Waals surface area (Å²) in [5, 5.41) is 3.56. The number of hydrogen-bond donors (Lipinski definition) is 2. The molecule has 0 fully saturated rings. The van der Waals surface area contributed by atoms with E-state index in [-0.39, 0.29) is 11.9 Å². The highest BCUT2D eigenvalue weighted by atomic mass is 35.5. The Morgan fingerprint density at radius 2 is 2.11 bits per heavy atom. The van der Waals surface area contributed by atoms with Gasteiger partial charge in [0.25, 0.3) is 0 Å². The Hall–Kier alpha value is -1.06. The van der Waals surface area contributed by atoms with Gasteiger partial charge in [0.15, 0.2) is 0 Å². The Kier molecular flexibility index (Phi) is 6.16. The first-order valence-electron chi connectivity index (χ1n) is 6.36. The normalized spacial score (nSPS) is 14.0.